The molecule has 1 amide bonds. The van der Waals surface area contributed by atoms with E-state index in [1.165, 1.54) is 11.1 Å². The van der Waals surface area contributed by atoms with Gasteiger partial charge in [-0.1, -0.05) is 43.2 Å². The molecule has 1 unspecified atom stereocenters. The Morgan fingerprint density at radius 1 is 1.17 bits per heavy atom. The number of nitrogens with one attached hydrogen (secondary N) is 1. The van der Waals surface area contributed by atoms with Gasteiger partial charge in [0.15, 0.2) is 0 Å². The molecule has 7 nitrogen and oxygen atoms in total. The fourth-order valence-corrected chi connectivity index (χ4v) is 10.5. The molecule has 2 aromatic rings. The largest absolute Gasteiger partial charge is 0.490 e. The van der Waals surface area contributed by atoms with E-state index in [0.717, 1.165) is 79.5 Å². The number of carbonyl (C=O) groups is 1. The van der Waals surface area contributed by atoms with Gasteiger partial charge in [-0.05, 0) is 117 Å². The van der Waals surface area contributed by atoms with E-state index in [0.29, 0.717) is 25.0 Å². The Bertz CT molecular complexity index is 1650. The second-order valence-electron chi connectivity index (χ2n) is 15.0. The number of aliphatic hydroxyl groups is 1. The van der Waals surface area contributed by atoms with Gasteiger partial charge in [0.1, 0.15) is 5.75 Å². The van der Waals surface area contributed by atoms with Gasteiger partial charge >= 0.3 is 0 Å². The number of nitrogens with zero attached hydrogens (tertiary/aromatic N) is 2. The fraction of sp³-hybridized carbons (Fsp3) is 0.595. The van der Waals surface area contributed by atoms with Crippen LogP contribution >= 0.6 is 23.8 Å². The number of ether oxygens (including phenoxy) is 1. The van der Waals surface area contributed by atoms with E-state index in [1.807, 2.05) is 44.1 Å². The molecular formula is C37H50ClN3O4S2. The number of hydrogen-bond donors (Lipinski definition) is 2. The number of hydrogen-bond acceptors (Lipinski definition) is 6. The Hall–Kier alpha value is -2.33. The highest BCUT2D eigenvalue weighted by molar-refractivity contribution is 7.99. The highest BCUT2D eigenvalue weighted by Gasteiger charge is 2.49. The molecule has 0 aromatic heterocycles. The fourth-order valence-electron chi connectivity index (χ4n) is 8.51. The third-order valence-electron chi connectivity index (χ3n) is 11.8. The molecule has 2 heterocycles. The molecule has 0 saturated heterocycles. The molecule has 6 rings (SSSR count). The molecular weight excluding hydrogens is 650 g/mol. The Balaban J connectivity index is 1.44. The number of amides is 1. The van der Waals surface area contributed by atoms with Crippen molar-refractivity contribution in [3.8, 4) is 5.75 Å². The molecule has 2 N–H and O–H groups in total. The third-order valence-corrected chi connectivity index (χ3v) is 14.7. The first kappa shape index (κ1) is 34.5. The topological polar surface area (TPSA) is 82.1 Å². The van der Waals surface area contributed by atoms with Crippen molar-refractivity contribution in [2.45, 2.75) is 87.9 Å². The summed E-state index contributed by atoms with van der Waals surface area (Å²) >= 11 is 12.2. The molecule has 256 valence electrons. The molecule has 2 aliphatic carbocycles. The summed E-state index contributed by atoms with van der Waals surface area (Å²) in [5, 5.41) is 12.9. The summed E-state index contributed by atoms with van der Waals surface area (Å²) in [5.41, 5.74) is 2.65. The molecule has 1 fully saturated rings. The number of benzene rings is 2. The van der Waals surface area contributed by atoms with E-state index in [2.05, 4.69) is 34.5 Å². The Morgan fingerprint density at radius 3 is 2.68 bits per heavy atom. The van der Waals surface area contributed by atoms with Gasteiger partial charge in [0.25, 0.3) is 5.91 Å². The standard InChI is InChI=1S/C37H50ClN3O4S2/c1-24-8-6-17-37(43,20-34(46)40(3)4)31-13-10-28(31)21-41-22-36(16-7-9-26-18-29(38)12-14-30(26)36)23-45-33-15-11-27(19-32(33)41)35(42)39-47(5,44)25(24)2/h11-12,14-15,18-19,24-25,28,31,43H,5-10,13,16-17,20-23H2,1-4H3,(H,39,42,44)/t24-,25+,28-,31+,36-,37-,47?/m0/s1. The zero-order valence-corrected chi connectivity index (χ0v) is 30.6. The van der Waals surface area contributed by atoms with Gasteiger partial charge in [-0.2, -0.15) is 0 Å². The van der Waals surface area contributed by atoms with E-state index in [1.54, 1.807) is 6.07 Å². The van der Waals surface area contributed by atoms with Crippen LogP contribution in [-0.4, -0.2) is 75.6 Å². The third kappa shape index (κ3) is 6.79. The number of fused-ring (bicyclic) bond motifs is 4. The lowest BCUT2D eigenvalue weighted by atomic mass is 9.62. The van der Waals surface area contributed by atoms with E-state index in [9.17, 15) is 14.1 Å². The number of halogens is 1. The van der Waals surface area contributed by atoms with Gasteiger partial charge in [-0.3, -0.25) is 9.52 Å². The smallest absolute Gasteiger partial charge is 0.262 e. The van der Waals surface area contributed by atoms with E-state index in [4.69, 9.17) is 28.6 Å². The van der Waals surface area contributed by atoms with Gasteiger partial charge in [0, 0.05) is 54.9 Å². The van der Waals surface area contributed by atoms with Crippen LogP contribution in [0.25, 0.3) is 0 Å². The first-order valence-electron chi connectivity index (χ1n) is 17.1. The van der Waals surface area contributed by atoms with Crippen LogP contribution in [0.4, 0.5) is 5.69 Å². The number of carbonyl (C=O) groups excluding carboxylic acids is 1. The molecule has 2 aromatic carbocycles. The second-order valence-corrected chi connectivity index (χ2v) is 18.3. The molecule has 47 heavy (non-hydrogen) atoms. The first-order chi connectivity index (χ1) is 22.2. The van der Waals surface area contributed by atoms with Crippen molar-refractivity contribution in [1.29, 1.82) is 0 Å². The van der Waals surface area contributed by atoms with Crippen LogP contribution in [0.2, 0.25) is 5.02 Å². The van der Waals surface area contributed by atoms with Crippen LogP contribution in [-0.2, 0) is 21.5 Å². The molecule has 7 atom stereocenters. The van der Waals surface area contributed by atoms with Gasteiger partial charge in [-0.15, -0.1) is 0 Å². The van der Waals surface area contributed by atoms with Crippen molar-refractivity contribution in [3.63, 3.8) is 0 Å². The number of aryl methyl sites for hydroxylation is 1. The van der Waals surface area contributed by atoms with Crippen LogP contribution in [0.5, 0.6) is 5.75 Å². The van der Waals surface area contributed by atoms with E-state index in [-0.39, 0.29) is 34.3 Å². The Kier molecular flexibility index (Phi) is 9.68. The SMILES string of the molecule is C=S1(=O)NC(=O)c2ccc3c(c2)N(C[C@@H]2CC[C@H]2[C@@](O)(CC(=S)N(C)C)CCC[C@H](C)[C@H]1C)C[C@@]1(CCCc2cc(Cl)ccc21)CO3. The van der Waals surface area contributed by atoms with E-state index < -0.39 is 15.3 Å². The lowest BCUT2D eigenvalue weighted by Gasteiger charge is -2.50. The zero-order chi connectivity index (χ0) is 33.7. The molecule has 4 aliphatic rings. The monoisotopic (exact) mass is 699 g/mol. The number of thiocarbonyl (C=S) groups is 1. The van der Waals surface area contributed by atoms with Crippen molar-refractivity contribution in [3.05, 3.63) is 58.1 Å². The summed E-state index contributed by atoms with van der Waals surface area (Å²) < 4.78 is 23.3. The van der Waals surface area contributed by atoms with Crippen molar-refractivity contribution in [2.75, 3.05) is 38.7 Å². The quantitative estimate of drug-likeness (QED) is 0.351. The maximum Gasteiger partial charge on any atom is 0.262 e. The normalized spacial score (nSPS) is 34.2. The van der Waals surface area contributed by atoms with Crippen molar-refractivity contribution in [2.24, 2.45) is 17.8 Å². The van der Waals surface area contributed by atoms with Gasteiger partial charge in [0.2, 0.25) is 0 Å². The summed E-state index contributed by atoms with van der Waals surface area (Å²) in [6.45, 7) is 5.94. The predicted octanol–water partition coefficient (Wildman–Crippen LogP) is 6.42. The maximum atomic E-state index is 13.9. The summed E-state index contributed by atoms with van der Waals surface area (Å²) in [5.74, 6) is 4.74. The maximum absolute atomic E-state index is 13.9. The summed E-state index contributed by atoms with van der Waals surface area (Å²) in [7, 11) is 0.945. The lowest BCUT2D eigenvalue weighted by molar-refractivity contribution is -0.0840. The van der Waals surface area contributed by atoms with Crippen LogP contribution in [0, 0.1) is 17.8 Å². The molecule has 1 saturated carbocycles. The van der Waals surface area contributed by atoms with Crippen molar-refractivity contribution >= 4 is 56.0 Å². The molecule has 1 spiro atoms. The lowest BCUT2D eigenvalue weighted by Crippen LogP contribution is -2.54. The van der Waals surface area contributed by atoms with Gasteiger partial charge < -0.3 is 19.6 Å². The zero-order valence-electron chi connectivity index (χ0n) is 28.2. The number of anilines is 1. The highest BCUT2D eigenvalue weighted by atomic mass is 35.5. The minimum absolute atomic E-state index is 0.0378. The van der Waals surface area contributed by atoms with Gasteiger partial charge in [-0.25, -0.2) is 4.21 Å². The predicted molar refractivity (Wildman–Crippen MR) is 197 cm³/mol. The Labute approximate surface area is 291 Å². The van der Waals surface area contributed by atoms with Crippen LogP contribution in [0.15, 0.2) is 36.4 Å². The summed E-state index contributed by atoms with van der Waals surface area (Å²) in [4.78, 5) is 18.8. The summed E-state index contributed by atoms with van der Waals surface area (Å²) in [6, 6.07) is 11.8. The average Bonchev–Trinajstić information content (AvgIpc) is 3.14. The number of rotatable bonds is 2. The van der Waals surface area contributed by atoms with Crippen LogP contribution in [0.1, 0.15) is 86.7 Å². The average molecular weight is 700 g/mol. The van der Waals surface area contributed by atoms with Crippen LogP contribution < -0.4 is 14.4 Å². The molecule has 10 heteroatoms. The molecule has 0 radical (unpaired) electrons. The first-order valence-corrected chi connectivity index (χ1v) is 19.7. The summed E-state index contributed by atoms with van der Waals surface area (Å²) in [6.07, 6.45) is 7.58. The van der Waals surface area contributed by atoms with E-state index >= 15 is 0 Å². The van der Waals surface area contributed by atoms with Gasteiger partial charge in [0.05, 0.1) is 32.6 Å². The Morgan fingerprint density at radius 2 is 1.96 bits per heavy atom. The minimum Gasteiger partial charge on any atom is -0.490 e. The van der Waals surface area contributed by atoms with Crippen molar-refractivity contribution in [1.82, 2.24) is 9.62 Å². The van der Waals surface area contributed by atoms with Crippen molar-refractivity contribution < 1.29 is 18.8 Å². The minimum atomic E-state index is -2.95. The second kappa shape index (κ2) is 13.2. The molecule has 2 bridgehead atoms. The molecule has 2 aliphatic heterocycles. The highest BCUT2D eigenvalue weighted by Crippen LogP contribution is 2.50. The van der Waals surface area contributed by atoms with Crippen LogP contribution in [0.3, 0.4) is 0 Å².